The van der Waals surface area contributed by atoms with E-state index in [0.29, 0.717) is 6.42 Å². The van der Waals surface area contributed by atoms with Crippen LogP contribution in [0.1, 0.15) is 42.4 Å². The second-order valence-electron chi connectivity index (χ2n) is 6.02. The van der Waals surface area contributed by atoms with E-state index < -0.39 is 12.1 Å². The first kappa shape index (κ1) is 15.2. The molecule has 0 spiro atoms. The van der Waals surface area contributed by atoms with Gasteiger partial charge in [0.25, 0.3) is 0 Å². The Kier molecular flexibility index (Phi) is 4.31. The molecule has 1 aliphatic carbocycles. The Morgan fingerprint density at radius 2 is 1.65 bits per heavy atom. The van der Waals surface area contributed by atoms with E-state index in [-0.39, 0.29) is 18.9 Å². The summed E-state index contributed by atoms with van der Waals surface area (Å²) in [6.07, 6.45) is -2.13. The van der Waals surface area contributed by atoms with Crippen molar-refractivity contribution in [2.75, 3.05) is 5.32 Å². The summed E-state index contributed by atoms with van der Waals surface area (Å²) in [5, 5.41) is 3.35. The van der Waals surface area contributed by atoms with Crippen molar-refractivity contribution in [3.05, 3.63) is 28.8 Å². The highest BCUT2D eigenvalue weighted by molar-refractivity contribution is 5.58. The third kappa shape index (κ3) is 3.47. The van der Waals surface area contributed by atoms with Crippen molar-refractivity contribution in [3.8, 4) is 0 Å². The molecule has 0 aromatic heterocycles. The van der Waals surface area contributed by atoms with Crippen LogP contribution in [0.5, 0.6) is 0 Å². The number of halogens is 3. The summed E-state index contributed by atoms with van der Waals surface area (Å²) >= 11 is 0. The summed E-state index contributed by atoms with van der Waals surface area (Å²) < 4.78 is 38.5. The third-order valence-electron chi connectivity index (χ3n) is 4.16. The monoisotopic (exact) mass is 285 g/mol. The Morgan fingerprint density at radius 3 is 2.20 bits per heavy atom. The van der Waals surface area contributed by atoms with E-state index in [0.717, 1.165) is 23.2 Å². The molecule has 0 radical (unpaired) electrons. The zero-order valence-electron chi connectivity index (χ0n) is 12.3. The van der Waals surface area contributed by atoms with Gasteiger partial charge in [-0.2, -0.15) is 13.2 Å². The van der Waals surface area contributed by atoms with Crippen molar-refractivity contribution >= 4 is 5.69 Å². The molecule has 1 N–H and O–H groups in total. The highest BCUT2D eigenvalue weighted by atomic mass is 19.4. The van der Waals surface area contributed by atoms with Crippen LogP contribution in [-0.2, 0) is 0 Å². The average Bonchev–Trinajstić information content (AvgIpc) is 2.33. The van der Waals surface area contributed by atoms with Gasteiger partial charge in [-0.3, -0.25) is 0 Å². The molecule has 2 atom stereocenters. The van der Waals surface area contributed by atoms with Crippen LogP contribution in [-0.4, -0.2) is 12.2 Å². The van der Waals surface area contributed by atoms with Crippen LogP contribution in [0.25, 0.3) is 0 Å². The van der Waals surface area contributed by atoms with Crippen LogP contribution < -0.4 is 5.32 Å². The van der Waals surface area contributed by atoms with Gasteiger partial charge in [-0.1, -0.05) is 24.1 Å². The maximum Gasteiger partial charge on any atom is 0.391 e. The fourth-order valence-electron chi connectivity index (χ4n) is 3.23. The Bertz CT molecular complexity index is 456. The molecule has 0 amide bonds. The molecule has 0 bridgehead atoms. The largest absolute Gasteiger partial charge is 0.391 e. The van der Waals surface area contributed by atoms with E-state index >= 15 is 0 Å². The van der Waals surface area contributed by atoms with Crippen LogP contribution >= 0.6 is 0 Å². The fraction of sp³-hybridized carbons (Fsp3) is 0.625. The molecule has 1 saturated carbocycles. The molecule has 1 aliphatic rings. The SMILES string of the molecule is Cc1cc(C)c(NC2CCCC(C(F)(F)F)C2)c(C)c1. The van der Waals surface area contributed by atoms with Gasteiger partial charge in [0.1, 0.15) is 0 Å². The molecule has 1 aromatic carbocycles. The molecule has 1 aromatic rings. The molecule has 2 unspecified atom stereocenters. The number of hydrogen-bond acceptors (Lipinski definition) is 1. The Balaban J connectivity index is 2.11. The minimum absolute atomic E-state index is 0.0736. The Morgan fingerprint density at radius 1 is 1.05 bits per heavy atom. The van der Waals surface area contributed by atoms with Gasteiger partial charge in [0.2, 0.25) is 0 Å². The van der Waals surface area contributed by atoms with Crippen molar-refractivity contribution < 1.29 is 13.2 Å². The van der Waals surface area contributed by atoms with Gasteiger partial charge in [0.15, 0.2) is 0 Å². The number of anilines is 1. The summed E-state index contributed by atoms with van der Waals surface area (Å²) in [7, 11) is 0. The number of benzene rings is 1. The molecule has 0 heterocycles. The zero-order chi connectivity index (χ0) is 14.9. The van der Waals surface area contributed by atoms with E-state index in [1.165, 1.54) is 5.56 Å². The summed E-state index contributed by atoms with van der Waals surface area (Å²) in [5.74, 6) is -1.15. The van der Waals surface area contributed by atoms with Gasteiger partial charge in [0, 0.05) is 11.7 Å². The summed E-state index contributed by atoms with van der Waals surface area (Å²) in [6.45, 7) is 6.04. The second-order valence-corrected chi connectivity index (χ2v) is 6.02. The molecule has 112 valence electrons. The van der Waals surface area contributed by atoms with Crippen molar-refractivity contribution in [1.82, 2.24) is 0 Å². The maximum atomic E-state index is 12.8. The highest BCUT2D eigenvalue weighted by Gasteiger charge is 2.42. The second kappa shape index (κ2) is 5.66. The number of nitrogens with one attached hydrogen (secondary N) is 1. The maximum absolute atomic E-state index is 12.8. The van der Waals surface area contributed by atoms with Crippen molar-refractivity contribution in [3.63, 3.8) is 0 Å². The van der Waals surface area contributed by atoms with Crippen LogP contribution in [0.15, 0.2) is 12.1 Å². The van der Waals surface area contributed by atoms with E-state index in [9.17, 15) is 13.2 Å². The van der Waals surface area contributed by atoms with E-state index in [1.807, 2.05) is 20.8 Å². The number of alkyl halides is 3. The highest BCUT2D eigenvalue weighted by Crippen LogP contribution is 2.38. The van der Waals surface area contributed by atoms with Gasteiger partial charge in [-0.15, -0.1) is 0 Å². The normalized spacial score (nSPS) is 23.7. The van der Waals surface area contributed by atoms with E-state index in [2.05, 4.69) is 17.4 Å². The minimum atomic E-state index is -4.06. The lowest BCUT2D eigenvalue weighted by molar-refractivity contribution is -0.182. The summed E-state index contributed by atoms with van der Waals surface area (Å²) in [5.41, 5.74) is 4.40. The Hall–Kier alpha value is -1.19. The lowest BCUT2D eigenvalue weighted by Gasteiger charge is -2.32. The molecule has 0 aliphatic heterocycles. The first-order valence-electron chi connectivity index (χ1n) is 7.18. The third-order valence-corrected chi connectivity index (χ3v) is 4.16. The topological polar surface area (TPSA) is 12.0 Å². The predicted molar refractivity (Wildman–Crippen MR) is 76.1 cm³/mol. The molecule has 20 heavy (non-hydrogen) atoms. The first-order valence-corrected chi connectivity index (χ1v) is 7.18. The fourth-order valence-corrected chi connectivity index (χ4v) is 3.23. The van der Waals surface area contributed by atoms with Crippen LogP contribution in [0, 0.1) is 26.7 Å². The molecule has 2 rings (SSSR count). The molecule has 1 nitrogen and oxygen atoms in total. The molecule has 4 heteroatoms. The van der Waals surface area contributed by atoms with Gasteiger partial charge in [-0.05, 0) is 51.2 Å². The minimum Gasteiger partial charge on any atom is -0.382 e. The van der Waals surface area contributed by atoms with Crippen LogP contribution in [0.3, 0.4) is 0 Å². The molecule has 1 fully saturated rings. The van der Waals surface area contributed by atoms with Crippen LogP contribution in [0.4, 0.5) is 18.9 Å². The number of hydrogen-bond donors (Lipinski definition) is 1. The van der Waals surface area contributed by atoms with Crippen molar-refractivity contribution in [1.29, 1.82) is 0 Å². The Labute approximate surface area is 118 Å². The van der Waals surface area contributed by atoms with E-state index in [1.54, 1.807) is 0 Å². The summed E-state index contributed by atoms with van der Waals surface area (Å²) in [6, 6.07) is 4.06. The number of aryl methyl sites for hydroxylation is 3. The molecular weight excluding hydrogens is 263 g/mol. The first-order chi connectivity index (χ1) is 9.27. The van der Waals surface area contributed by atoms with Gasteiger partial charge >= 0.3 is 6.18 Å². The standard InChI is InChI=1S/C16H22F3N/c1-10-7-11(2)15(12(3)8-10)20-14-6-4-5-13(9-14)16(17,18)19/h7-8,13-14,20H,4-6,9H2,1-3H3. The lowest BCUT2D eigenvalue weighted by atomic mass is 9.85. The summed E-state index contributed by atoms with van der Waals surface area (Å²) in [4.78, 5) is 0. The number of rotatable bonds is 2. The smallest absolute Gasteiger partial charge is 0.382 e. The van der Waals surface area contributed by atoms with Crippen LogP contribution in [0.2, 0.25) is 0 Å². The van der Waals surface area contributed by atoms with Gasteiger partial charge in [-0.25, -0.2) is 0 Å². The zero-order valence-corrected chi connectivity index (χ0v) is 12.3. The average molecular weight is 285 g/mol. The van der Waals surface area contributed by atoms with Gasteiger partial charge in [0.05, 0.1) is 5.92 Å². The van der Waals surface area contributed by atoms with E-state index in [4.69, 9.17) is 0 Å². The van der Waals surface area contributed by atoms with Gasteiger partial charge < -0.3 is 5.32 Å². The van der Waals surface area contributed by atoms with Crippen molar-refractivity contribution in [2.24, 2.45) is 5.92 Å². The molecule has 0 saturated heterocycles. The lowest BCUT2D eigenvalue weighted by Crippen LogP contribution is -2.34. The van der Waals surface area contributed by atoms with Crippen molar-refractivity contribution in [2.45, 2.75) is 58.7 Å². The molecular formula is C16H22F3N. The quantitative estimate of drug-likeness (QED) is 0.793. The predicted octanol–water partition coefficient (Wildman–Crippen LogP) is 5.14.